The summed E-state index contributed by atoms with van der Waals surface area (Å²) in [6.45, 7) is 0. The van der Waals surface area contributed by atoms with Gasteiger partial charge in [0.25, 0.3) is 0 Å². The number of hydrogen-bond acceptors (Lipinski definition) is 2. The van der Waals surface area contributed by atoms with Crippen LogP contribution < -0.4 is 5.32 Å². The zero-order valence-electron chi connectivity index (χ0n) is 12.5. The zero-order chi connectivity index (χ0) is 16.7. The van der Waals surface area contributed by atoms with Crippen molar-refractivity contribution in [2.45, 2.75) is 12.3 Å². The Morgan fingerprint density at radius 2 is 2.00 bits per heavy atom. The maximum atomic E-state index is 13.5. The van der Waals surface area contributed by atoms with E-state index in [1.165, 1.54) is 12.1 Å². The average molecular weight is 342 g/mol. The number of nitrogens with zero attached hydrogens (tertiary/aromatic N) is 2. The van der Waals surface area contributed by atoms with Gasteiger partial charge in [-0.1, -0.05) is 29.8 Å². The highest BCUT2D eigenvalue weighted by Gasteiger charge is 2.30. The number of amides is 1. The first-order valence-corrected chi connectivity index (χ1v) is 7.89. The fourth-order valence-electron chi connectivity index (χ4n) is 3.02. The highest BCUT2D eigenvalue weighted by Crippen LogP contribution is 2.38. The third kappa shape index (κ3) is 2.57. The highest BCUT2D eigenvalue weighted by molar-refractivity contribution is 6.30. The molecule has 6 heteroatoms. The number of nitrogens with one attached hydrogen (secondary N) is 1. The molecular weight excluding hydrogens is 329 g/mol. The van der Waals surface area contributed by atoms with Crippen LogP contribution >= 0.6 is 11.6 Å². The van der Waals surface area contributed by atoms with Crippen LogP contribution in [-0.4, -0.2) is 15.7 Å². The molecule has 0 spiro atoms. The predicted octanol–water partition coefficient (Wildman–Crippen LogP) is 4.14. The Morgan fingerprint density at radius 3 is 2.75 bits per heavy atom. The largest absolute Gasteiger partial charge is 0.310 e. The van der Waals surface area contributed by atoms with Gasteiger partial charge in [0.05, 0.1) is 11.9 Å². The lowest BCUT2D eigenvalue weighted by Gasteiger charge is -2.23. The van der Waals surface area contributed by atoms with Gasteiger partial charge in [-0.3, -0.25) is 4.79 Å². The number of rotatable bonds is 2. The molecule has 120 valence electrons. The molecule has 24 heavy (non-hydrogen) atoms. The van der Waals surface area contributed by atoms with E-state index in [0.29, 0.717) is 22.9 Å². The molecule has 1 atom stereocenters. The zero-order valence-corrected chi connectivity index (χ0v) is 13.3. The highest BCUT2D eigenvalue weighted by atomic mass is 35.5. The normalized spacial score (nSPS) is 16.6. The van der Waals surface area contributed by atoms with Crippen molar-refractivity contribution in [3.63, 3.8) is 0 Å². The second kappa shape index (κ2) is 5.76. The van der Waals surface area contributed by atoms with E-state index in [1.54, 1.807) is 35.1 Å². The van der Waals surface area contributed by atoms with Gasteiger partial charge < -0.3 is 5.32 Å². The number of aromatic nitrogens is 2. The molecule has 1 unspecified atom stereocenters. The fraction of sp³-hybridized carbons (Fsp3) is 0.111. The van der Waals surface area contributed by atoms with Crippen molar-refractivity contribution in [3.8, 4) is 5.69 Å². The van der Waals surface area contributed by atoms with Crippen molar-refractivity contribution < 1.29 is 9.18 Å². The van der Waals surface area contributed by atoms with Crippen LogP contribution in [0.2, 0.25) is 5.02 Å². The summed E-state index contributed by atoms with van der Waals surface area (Å²) < 4.78 is 15.1. The van der Waals surface area contributed by atoms with E-state index in [0.717, 1.165) is 11.1 Å². The first-order valence-electron chi connectivity index (χ1n) is 7.51. The van der Waals surface area contributed by atoms with Crippen LogP contribution in [0.1, 0.15) is 23.5 Å². The van der Waals surface area contributed by atoms with E-state index in [-0.39, 0.29) is 17.6 Å². The van der Waals surface area contributed by atoms with Crippen molar-refractivity contribution in [1.82, 2.24) is 9.78 Å². The van der Waals surface area contributed by atoms with Gasteiger partial charge in [0.2, 0.25) is 5.91 Å². The molecule has 2 aromatic carbocycles. The Hall–Kier alpha value is -2.66. The van der Waals surface area contributed by atoms with Crippen molar-refractivity contribution in [3.05, 3.63) is 76.7 Å². The van der Waals surface area contributed by atoms with E-state index < -0.39 is 0 Å². The molecule has 1 aromatic heterocycles. The van der Waals surface area contributed by atoms with Crippen LogP contribution in [-0.2, 0) is 4.79 Å². The molecule has 1 aliphatic rings. The van der Waals surface area contributed by atoms with Crippen molar-refractivity contribution in [2.75, 3.05) is 5.32 Å². The molecule has 4 rings (SSSR count). The Morgan fingerprint density at radius 1 is 1.21 bits per heavy atom. The van der Waals surface area contributed by atoms with Crippen molar-refractivity contribution in [2.24, 2.45) is 0 Å². The predicted molar refractivity (Wildman–Crippen MR) is 90.1 cm³/mol. The number of anilines is 1. The molecule has 0 saturated heterocycles. The summed E-state index contributed by atoms with van der Waals surface area (Å²) in [6.07, 6.45) is 2.06. The Balaban J connectivity index is 1.81. The van der Waals surface area contributed by atoms with Gasteiger partial charge in [-0.05, 0) is 35.9 Å². The van der Waals surface area contributed by atoms with Gasteiger partial charge in [-0.15, -0.1) is 0 Å². The number of carbonyl (C=O) groups is 1. The minimum absolute atomic E-state index is 0.0967. The summed E-state index contributed by atoms with van der Waals surface area (Å²) in [4.78, 5) is 12.2. The van der Waals surface area contributed by atoms with Crippen LogP contribution in [0.3, 0.4) is 0 Å². The summed E-state index contributed by atoms with van der Waals surface area (Å²) >= 11 is 5.95. The molecule has 3 aromatic rings. The minimum atomic E-state index is -0.354. The summed E-state index contributed by atoms with van der Waals surface area (Å²) in [7, 11) is 0. The third-order valence-corrected chi connectivity index (χ3v) is 4.40. The standard InChI is InChI=1S/C18H13ClFN3O/c19-12-6-4-11(5-7-12)15-9-17(24)22-18-16(15)10-21-23(18)14-3-1-2-13(20)8-14/h1-8,10,15H,9H2,(H,22,24). The summed E-state index contributed by atoms with van der Waals surface area (Å²) in [5.41, 5.74) is 2.46. The number of benzene rings is 2. The summed E-state index contributed by atoms with van der Waals surface area (Å²) in [5.74, 6) is 0.0267. The SMILES string of the molecule is O=C1CC(c2ccc(Cl)cc2)c2cnn(-c3cccc(F)c3)c2N1. The number of hydrogen-bond donors (Lipinski definition) is 1. The lowest BCUT2D eigenvalue weighted by molar-refractivity contribution is -0.116. The Bertz CT molecular complexity index is 920. The van der Waals surface area contributed by atoms with Crippen LogP contribution in [0.25, 0.3) is 5.69 Å². The average Bonchev–Trinajstić information content (AvgIpc) is 2.98. The van der Waals surface area contributed by atoms with E-state index in [2.05, 4.69) is 10.4 Å². The molecule has 0 fully saturated rings. The van der Waals surface area contributed by atoms with E-state index in [1.807, 2.05) is 12.1 Å². The smallest absolute Gasteiger partial charge is 0.226 e. The second-order valence-corrected chi connectivity index (χ2v) is 6.13. The van der Waals surface area contributed by atoms with Crippen LogP contribution in [0.4, 0.5) is 10.2 Å². The van der Waals surface area contributed by atoms with Gasteiger partial charge in [-0.25, -0.2) is 9.07 Å². The molecule has 2 heterocycles. The maximum absolute atomic E-state index is 13.5. The van der Waals surface area contributed by atoms with Crippen LogP contribution in [0, 0.1) is 5.82 Å². The van der Waals surface area contributed by atoms with E-state index in [4.69, 9.17) is 11.6 Å². The van der Waals surface area contributed by atoms with Crippen LogP contribution in [0.15, 0.2) is 54.7 Å². The van der Waals surface area contributed by atoms with E-state index in [9.17, 15) is 9.18 Å². The molecule has 0 bridgehead atoms. The monoisotopic (exact) mass is 341 g/mol. The maximum Gasteiger partial charge on any atom is 0.226 e. The first-order chi connectivity index (χ1) is 11.6. The van der Waals surface area contributed by atoms with E-state index >= 15 is 0 Å². The lowest BCUT2D eigenvalue weighted by atomic mass is 9.87. The topological polar surface area (TPSA) is 46.9 Å². The quantitative estimate of drug-likeness (QED) is 0.761. The van der Waals surface area contributed by atoms with Gasteiger partial charge >= 0.3 is 0 Å². The van der Waals surface area contributed by atoms with Gasteiger partial charge in [0.15, 0.2) is 0 Å². The minimum Gasteiger partial charge on any atom is -0.310 e. The summed E-state index contributed by atoms with van der Waals surface area (Å²) in [5, 5.41) is 7.84. The van der Waals surface area contributed by atoms with Gasteiger partial charge in [-0.2, -0.15) is 5.10 Å². The van der Waals surface area contributed by atoms with Gasteiger partial charge in [0.1, 0.15) is 11.6 Å². The number of fused-ring (bicyclic) bond motifs is 1. The number of carbonyl (C=O) groups excluding carboxylic acids is 1. The fourth-order valence-corrected chi connectivity index (χ4v) is 3.14. The van der Waals surface area contributed by atoms with Crippen LogP contribution in [0.5, 0.6) is 0 Å². The Kier molecular flexibility index (Phi) is 3.58. The lowest BCUT2D eigenvalue weighted by Crippen LogP contribution is -2.24. The molecule has 0 aliphatic carbocycles. The first kappa shape index (κ1) is 14.9. The molecular formula is C18H13ClFN3O. The third-order valence-electron chi connectivity index (χ3n) is 4.15. The van der Waals surface area contributed by atoms with Gasteiger partial charge in [0, 0.05) is 22.9 Å². The molecule has 0 saturated carbocycles. The van der Waals surface area contributed by atoms with Crippen molar-refractivity contribution in [1.29, 1.82) is 0 Å². The number of halogens is 2. The molecule has 1 amide bonds. The molecule has 0 radical (unpaired) electrons. The molecule has 1 N–H and O–H groups in total. The Labute approximate surface area is 142 Å². The molecule has 4 nitrogen and oxygen atoms in total. The second-order valence-electron chi connectivity index (χ2n) is 5.70. The molecule has 1 aliphatic heterocycles. The van der Waals surface area contributed by atoms with Crippen molar-refractivity contribution >= 4 is 23.3 Å². The summed E-state index contributed by atoms with van der Waals surface area (Å²) in [6, 6.07) is 13.5.